The fourth-order valence-corrected chi connectivity index (χ4v) is 3.37. The Morgan fingerprint density at radius 1 is 0.774 bits per heavy atom. The zero-order valence-electron chi connectivity index (χ0n) is 18.4. The maximum atomic E-state index is 14.8. The van der Waals surface area contributed by atoms with Crippen LogP contribution in [0.25, 0.3) is 11.7 Å². The van der Waals surface area contributed by atoms with Gasteiger partial charge in [0.05, 0.1) is 0 Å². The van der Waals surface area contributed by atoms with Crippen LogP contribution in [0.3, 0.4) is 0 Å². The highest BCUT2D eigenvalue weighted by Crippen LogP contribution is 2.30. The molecule has 0 aliphatic rings. The molecule has 2 heteroatoms. The van der Waals surface area contributed by atoms with Crippen LogP contribution in [-0.2, 0) is 12.8 Å². The summed E-state index contributed by atoms with van der Waals surface area (Å²) in [6.45, 7) is 6.09. The van der Waals surface area contributed by atoms with Crippen LogP contribution >= 0.6 is 0 Å². The molecule has 0 nitrogen and oxygen atoms in total. The summed E-state index contributed by atoms with van der Waals surface area (Å²) in [5.41, 5.74) is 5.49. The van der Waals surface area contributed by atoms with Gasteiger partial charge in [0.25, 0.3) is 0 Å². The van der Waals surface area contributed by atoms with Gasteiger partial charge in [0.15, 0.2) is 11.7 Å². The smallest absolute Gasteiger partial charge is 0.166 e. The molecule has 0 aromatic heterocycles. The fourth-order valence-electron chi connectivity index (χ4n) is 3.37. The van der Waals surface area contributed by atoms with Crippen LogP contribution in [0.15, 0.2) is 66.7 Å². The molecule has 0 unspecified atom stereocenters. The van der Waals surface area contributed by atoms with Crippen molar-refractivity contribution >= 4 is 11.7 Å². The number of benzene rings is 3. The normalized spacial score (nSPS) is 11.5. The van der Waals surface area contributed by atoms with Crippen molar-refractivity contribution in [2.24, 2.45) is 0 Å². The van der Waals surface area contributed by atoms with Crippen molar-refractivity contribution in [1.29, 1.82) is 0 Å². The Balaban J connectivity index is 1.84. The van der Waals surface area contributed by atoms with E-state index in [0.29, 0.717) is 6.42 Å². The van der Waals surface area contributed by atoms with E-state index in [4.69, 9.17) is 0 Å². The van der Waals surface area contributed by atoms with Crippen molar-refractivity contribution in [2.45, 2.75) is 46.5 Å². The summed E-state index contributed by atoms with van der Waals surface area (Å²) in [7, 11) is 0. The van der Waals surface area contributed by atoms with E-state index in [1.54, 1.807) is 42.5 Å². The first-order chi connectivity index (χ1) is 15.0. The molecule has 3 aromatic rings. The minimum absolute atomic E-state index is 0.237. The third-order valence-electron chi connectivity index (χ3n) is 5.35. The Kier molecular flexibility index (Phi) is 7.79. The lowest BCUT2D eigenvalue weighted by molar-refractivity contribution is 0.700. The third-order valence-corrected chi connectivity index (χ3v) is 5.35. The lowest BCUT2D eigenvalue weighted by atomic mass is 10.00. The van der Waals surface area contributed by atoms with Crippen LogP contribution < -0.4 is 0 Å². The predicted molar refractivity (Wildman–Crippen MR) is 127 cm³/mol. The topological polar surface area (TPSA) is 0 Å². The molecule has 158 valence electrons. The van der Waals surface area contributed by atoms with Crippen LogP contribution in [0.2, 0.25) is 0 Å². The van der Waals surface area contributed by atoms with E-state index in [-0.39, 0.29) is 11.1 Å². The van der Waals surface area contributed by atoms with Gasteiger partial charge in [0.1, 0.15) is 0 Å². The number of halogens is 2. The highest BCUT2D eigenvalue weighted by atomic mass is 19.2. The van der Waals surface area contributed by atoms with Gasteiger partial charge < -0.3 is 0 Å². The number of rotatable bonds is 6. The molecule has 0 atom stereocenters. The highest BCUT2D eigenvalue weighted by Gasteiger charge is 2.13. The van der Waals surface area contributed by atoms with Crippen molar-refractivity contribution in [1.82, 2.24) is 0 Å². The molecule has 3 aromatic carbocycles. The molecule has 0 spiro atoms. The molecule has 0 bridgehead atoms. The first-order valence-corrected chi connectivity index (χ1v) is 10.9. The third kappa shape index (κ3) is 5.92. The fraction of sp³-hybridized carbons (Fsp3) is 0.241. The van der Waals surface area contributed by atoms with Gasteiger partial charge in [0, 0.05) is 22.3 Å². The van der Waals surface area contributed by atoms with Crippen LogP contribution in [0.1, 0.15) is 65.6 Å². The number of hydrogen-bond donors (Lipinski definition) is 0. The van der Waals surface area contributed by atoms with Gasteiger partial charge in [-0.25, -0.2) is 8.78 Å². The number of hydrogen-bond acceptors (Lipinski definition) is 0. The maximum absolute atomic E-state index is 14.8. The second-order valence-electron chi connectivity index (χ2n) is 7.77. The summed E-state index contributed by atoms with van der Waals surface area (Å²) in [6.07, 6.45) is 4.14. The summed E-state index contributed by atoms with van der Waals surface area (Å²) in [5.74, 6) is 4.70. The van der Waals surface area contributed by atoms with Gasteiger partial charge in [-0.3, -0.25) is 0 Å². The Morgan fingerprint density at radius 2 is 1.42 bits per heavy atom. The number of aryl methyl sites for hydroxylation is 3. The molecule has 0 saturated heterocycles. The molecule has 0 radical (unpaired) electrons. The Labute approximate surface area is 184 Å². The zero-order chi connectivity index (χ0) is 22.2. The zero-order valence-corrected chi connectivity index (χ0v) is 18.4. The van der Waals surface area contributed by atoms with E-state index >= 15 is 0 Å². The average molecular weight is 415 g/mol. The van der Waals surface area contributed by atoms with Crippen LogP contribution in [0.4, 0.5) is 8.78 Å². The minimum atomic E-state index is -0.847. The Hall–Kier alpha value is -3.18. The molecule has 0 heterocycles. The molecule has 3 rings (SSSR count). The molecule has 0 N–H and O–H groups in total. The monoisotopic (exact) mass is 414 g/mol. The van der Waals surface area contributed by atoms with Crippen LogP contribution in [0, 0.1) is 18.8 Å². The molecule has 31 heavy (non-hydrogen) atoms. The quantitative estimate of drug-likeness (QED) is 0.283. The summed E-state index contributed by atoms with van der Waals surface area (Å²) in [4.78, 5) is 0. The van der Waals surface area contributed by atoms with Gasteiger partial charge in [0.2, 0.25) is 0 Å². The Morgan fingerprint density at radius 3 is 2.06 bits per heavy atom. The average Bonchev–Trinajstić information content (AvgIpc) is 2.81. The summed E-state index contributed by atoms with van der Waals surface area (Å²) in [5, 5.41) is 0. The summed E-state index contributed by atoms with van der Waals surface area (Å²) in [6, 6.07) is 20.1. The van der Waals surface area contributed by atoms with Crippen molar-refractivity contribution in [3.05, 3.63) is 106 Å². The molecule has 0 aliphatic carbocycles. The van der Waals surface area contributed by atoms with E-state index < -0.39 is 11.7 Å². The highest BCUT2D eigenvalue weighted by molar-refractivity contribution is 5.83. The van der Waals surface area contributed by atoms with E-state index in [2.05, 4.69) is 30.9 Å². The molecular weight excluding hydrogens is 386 g/mol. The van der Waals surface area contributed by atoms with Crippen LogP contribution in [0.5, 0.6) is 0 Å². The number of unbranched alkanes of at least 4 members (excludes halogenated alkanes) is 1. The second kappa shape index (κ2) is 10.7. The lowest BCUT2D eigenvalue weighted by Crippen LogP contribution is -1.92. The van der Waals surface area contributed by atoms with Crippen molar-refractivity contribution in [3.8, 4) is 11.8 Å². The van der Waals surface area contributed by atoms with E-state index in [1.165, 1.54) is 18.4 Å². The van der Waals surface area contributed by atoms with Gasteiger partial charge in [-0.1, -0.05) is 80.1 Å². The summed E-state index contributed by atoms with van der Waals surface area (Å²) < 4.78 is 29.4. The standard InChI is InChI=1S/C29H28F2/c1-4-6-7-22-10-12-23(13-11-22)14-17-25-18-19-27(20-24(25)5-2)29(31)28(30)26-15-8-21(3)9-16-26/h8-13,15-16,18-20H,4-7H2,1-3H3/b29-28+. The molecule has 0 saturated carbocycles. The lowest BCUT2D eigenvalue weighted by Gasteiger charge is -2.07. The molecule has 0 amide bonds. The minimum Gasteiger partial charge on any atom is -0.203 e. The SMILES string of the molecule is CCCCc1ccc(C#Cc2ccc(/C(F)=C(\F)c3ccc(C)cc3)cc2CC)cc1. The van der Waals surface area contributed by atoms with E-state index in [1.807, 2.05) is 26.0 Å². The van der Waals surface area contributed by atoms with Gasteiger partial charge in [-0.15, -0.1) is 0 Å². The molecule has 0 aliphatic heterocycles. The second-order valence-corrected chi connectivity index (χ2v) is 7.77. The molecule has 0 fully saturated rings. The first-order valence-electron chi connectivity index (χ1n) is 10.9. The summed E-state index contributed by atoms with van der Waals surface area (Å²) >= 11 is 0. The first kappa shape index (κ1) is 22.5. The Bertz CT molecular complexity index is 1110. The van der Waals surface area contributed by atoms with Gasteiger partial charge in [-0.2, -0.15) is 0 Å². The molecular formula is C29H28F2. The van der Waals surface area contributed by atoms with Gasteiger partial charge in [-0.05, 0) is 61.6 Å². The largest absolute Gasteiger partial charge is 0.203 e. The maximum Gasteiger partial charge on any atom is 0.166 e. The van der Waals surface area contributed by atoms with Crippen molar-refractivity contribution < 1.29 is 8.78 Å². The van der Waals surface area contributed by atoms with Crippen molar-refractivity contribution in [3.63, 3.8) is 0 Å². The predicted octanol–water partition coefficient (Wildman–Crippen LogP) is 8.06. The van der Waals surface area contributed by atoms with E-state index in [0.717, 1.165) is 28.7 Å². The van der Waals surface area contributed by atoms with E-state index in [9.17, 15) is 8.78 Å². The van der Waals surface area contributed by atoms with Gasteiger partial charge >= 0.3 is 0 Å². The van der Waals surface area contributed by atoms with Crippen molar-refractivity contribution in [2.75, 3.05) is 0 Å². The van der Waals surface area contributed by atoms with Crippen LogP contribution in [-0.4, -0.2) is 0 Å².